The number of thioether (sulfide) groups is 1. The zero-order valence-corrected chi connectivity index (χ0v) is 12.8. The first-order valence-corrected chi connectivity index (χ1v) is 8.31. The van der Waals surface area contributed by atoms with Gasteiger partial charge in [-0.3, -0.25) is 4.79 Å². The van der Waals surface area contributed by atoms with Gasteiger partial charge >= 0.3 is 0 Å². The van der Waals surface area contributed by atoms with E-state index in [1.54, 1.807) is 11.8 Å². The second-order valence-corrected chi connectivity index (χ2v) is 5.90. The van der Waals surface area contributed by atoms with Gasteiger partial charge in [-0.15, -0.1) is 11.8 Å². The van der Waals surface area contributed by atoms with Crippen LogP contribution in [-0.4, -0.2) is 18.7 Å². The van der Waals surface area contributed by atoms with Crippen LogP contribution in [0, 0.1) is 0 Å². The average molecular weight is 298 g/mol. The summed E-state index contributed by atoms with van der Waals surface area (Å²) in [4.78, 5) is 13.4. The molecule has 2 aromatic carbocycles. The van der Waals surface area contributed by atoms with Gasteiger partial charge in [0.1, 0.15) is 0 Å². The van der Waals surface area contributed by atoms with Gasteiger partial charge in [0.05, 0.1) is 5.56 Å². The average Bonchev–Trinajstić information content (AvgIpc) is 2.54. The van der Waals surface area contributed by atoms with Crippen molar-refractivity contribution in [1.82, 2.24) is 0 Å². The largest absolute Gasteiger partial charge is 0.385 e. The molecule has 2 aromatic rings. The Hall–Kier alpha value is -1.94. The van der Waals surface area contributed by atoms with Crippen LogP contribution in [0.5, 0.6) is 0 Å². The van der Waals surface area contributed by atoms with Gasteiger partial charge in [-0.05, 0) is 55.0 Å². The first-order valence-electron chi connectivity index (χ1n) is 7.09. The van der Waals surface area contributed by atoms with Gasteiger partial charge < -0.3 is 10.6 Å². The molecule has 1 aliphatic rings. The van der Waals surface area contributed by atoms with Gasteiger partial charge in [0, 0.05) is 22.8 Å². The number of aryl methyl sites for hydroxylation is 1. The predicted octanol–water partition coefficient (Wildman–Crippen LogP) is 4.02. The van der Waals surface area contributed by atoms with E-state index in [4.69, 9.17) is 0 Å². The van der Waals surface area contributed by atoms with Gasteiger partial charge in [0.2, 0.25) is 0 Å². The Balaban J connectivity index is 1.81. The number of hydrogen-bond acceptors (Lipinski definition) is 3. The third kappa shape index (κ3) is 3.05. The number of benzene rings is 2. The highest BCUT2D eigenvalue weighted by molar-refractivity contribution is 7.98. The molecule has 0 saturated carbocycles. The molecule has 0 saturated heterocycles. The standard InChI is InChI=1S/C17H18N2OS/c1-21-16-7-3-2-6-14(16)17(20)19-13-8-9-15-12(11-13)5-4-10-18-15/h2-3,6-9,11,18H,4-5,10H2,1H3,(H,19,20). The lowest BCUT2D eigenvalue weighted by Crippen LogP contribution is -2.15. The molecule has 0 fully saturated rings. The summed E-state index contributed by atoms with van der Waals surface area (Å²) in [6, 6.07) is 13.7. The third-order valence-electron chi connectivity index (χ3n) is 3.65. The van der Waals surface area contributed by atoms with Crippen molar-refractivity contribution in [3.63, 3.8) is 0 Å². The highest BCUT2D eigenvalue weighted by Crippen LogP contribution is 2.26. The molecule has 3 nitrogen and oxygen atoms in total. The summed E-state index contributed by atoms with van der Waals surface area (Å²) in [5, 5.41) is 6.38. The molecule has 0 radical (unpaired) electrons. The van der Waals surface area contributed by atoms with Crippen LogP contribution in [-0.2, 0) is 6.42 Å². The molecule has 2 N–H and O–H groups in total. The Morgan fingerprint density at radius 3 is 2.95 bits per heavy atom. The quantitative estimate of drug-likeness (QED) is 0.841. The molecule has 0 spiro atoms. The minimum Gasteiger partial charge on any atom is -0.385 e. The maximum atomic E-state index is 12.4. The maximum absolute atomic E-state index is 12.4. The molecule has 1 aliphatic heterocycles. The first-order chi connectivity index (χ1) is 10.3. The molecule has 4 heteroatoms. The van der Waals surface area contributed by atoms with E-state index in [2.05, 4.69) is 16.7 Å². The fourth-order valence-corrected chi connectivity index (χ4v) is 3.18. The number of rotatable bonds is 3. The molecule has 0 unspecified atom stereocenters. The Kier molecular flexibility index (Phi) is 4.15. The number of nitrogens with one attached hydrogen (secondary N) is 2. The Labute approximate surface area is 129 Å². The molecule has 0 aliphatic carbocycles. The van der Waals surface area contributed by atoms with Crippen molar-refractivity contribution >= 4 is 29.0 Å². The van der Waals surface area contributed by atoms with Crippen molar-refractivity contribution in [2.24, 2.45) is 0 Å². The summed E-state index contributed by atoms with van der Waals surface area (Å²) in [5.74, 6) is -0.0522. The second-order valence-electron chi connectivity index (χ2n) is 5.06. The lowest BCUT2D eigenvalue weighted by molar-refractivity contribution is 0.102. The Bertz CT molecular complexity index is 670. The van der Waals surface area contributed by atoms with Crippen molar-refractivity contribution in [3.05, 3.63) is 53.6 Å². The van der Waals surface area contributed by atoms with Crippen molar-refractivity contribution in [1.29, 1.82) is 0 Å². The van der Waals surface area contributed by atoms with Crippen LogP contribution in [0.4, 0.5) is 11.4 Å². The van der Waals surface area contributed by atoms with Crippen molar-refractivity contribution < 1.29 is 4.79 Å². The number of anilines is 2. The molecule has 108 valence electrons. The number of carbonyl (C=O) groups is 1. The highest BCUT2D eigenvalue weighted by atomic mass is 32.2. The fourth-order valence-electron chi connectivity index (χ4n) is 2.58. The highest BCUT2D eigenvalue weighted by Gasteiger charge is 2.13. The van der Waals surface area contributed by atoms with E-state index < -0.39 is 0 Å². The van der Waals surface area contributed by atoms with Crippen LogP contribution in [0.15, 0.2) is 47.4 Å². The van der Waals surface area contributed by atoms with E-state index in [-0.39, 0.29) is 5.91 Å². The molecule has 1 amide bonds. The summed E-state index contributed by atoms with van der Waals surface area (Å²) in [6.45, 7) is 1.03. The lowest BCUT2D eigenvalue weighted by atomic mass is 10.0. The number of carbonyl (C=O) groups excluding carboxylic acids is 1. The van der Waals surface area contributed by atoms with Gasteiger partial charge in [-0.1, -0.05) is 12.1 Å². The van der Waals surface area contributed by atoms with Gasteiger partial charge in [-0.25, -0.2) is 0 Å². The first kappa shape index (κ1) is 14.0. The van der Waals surface area contributed by atoms with Crippen LogP contribution in [0.2, 0.25) is 0 Å². The van der Waals surface area contributed by atoms with E-state index in [1.807, 2.05) is 42.7 Å². The lowest BCUT2D eigenvalue weighted by Gasteiger charge is -2.19. The number of hydrogen-bond donors (Lipinski definition) is 2. The van der Waals surface area contributed by atoms with Gasteiger partial charge in [-0.2, -0.15) is 0 Å². The molecule has 1 heterocycles. The monoisotopic (exact) mass is 298 g/mol. The molecule has 3 rings (SSSR count). The number of fused-ring (bicyclic) bond motifs is 1. The molecule has 0 aromatic heterocycles. The smallest absolute Gasteiger partial charge is 0.256 e. The Morgan fingerprint density at radius 2 is 2.10 bits per heavy atom. The summed E-state index contributed by atoms with van der Waals surface area (Å²) in [7, 11) is 0. The van der Waals surface area contributed by atoms with Crippen LogP contribution in [0.1, 0.15) is 22.3 Å². The van der Waals surface area contributed by atoms with Gasteiger partial charge in [0.25, 0.3) is 5.91 Å². The third-order valence-corrected chi connectivity index (χ3v) is 4.45. The second kappa shape index (κ2) is 6.22. The minimum absolute atomic E-state index is 0.0522. The zero-order valence-electron chi connectivity index (χ0n) is 12.0. The number of amides is 1. The maximum Gasteiger partial charge on any atom is 0.256 e. The van der Waals surface area contributed by atoms with Crippen LogP contribution >= 0.6 is 11.8 Å². The van der Waals surface area contributed by atoms with E-state index in [9.17, 15) is 4.79 Å². The molecule has 0 bridgehead atoms. The van der Waals surface area contributed by atoms with E-state index in [0.29, 0.717) is 0 Å². The summed E-state index contributed by atoms with van der Waals surface area (Å²) < 4.78 is 0. The van der Waals surface area contributed by atoms with Crippen LogP contribution in [0.25, 0.3) is 0 Å². The normalized spacial score (nSPS) is 13.2. The van der Waals surface area contributed by atoms with Crippen molar-refractivity contribution in [3.8, 4) is 0 Å². The minimum atomic E-state index is -0.0522. The van der Waals surface area contributed by atoms with Crippen molar-refractivity contribution in [2.75, 3.05) is 23.4 Å². The van der Waals surface area contributed by atoms with Crippen LogP contribution < -0.4 is 10.6 Å². The van der Waals surface area contributed by atoms with Gasteiger partial charge in [0.15, 0.2) is 0 Å². The van der Waals surface area contributed by atoms with Crippen molar-refractivity contribution in [2.45, 2.75) is 17.7 Å². The van der Waals surface area contributed by atoms with E-state index in [1.165, 1.54) is 11.3 Å². The summed E-state index contributed by atoms with van der Waals surface area (Å²) in [5.41, 5.74) is 4.04. The van der Waals surface area contributed by atoms with E-state index >= 15 is 0 Å². The summed E-state index contributed by atoms with van der Waals surface area (Å²) in [6.07, 6.45) is 4.18. The zero-order chi connectivity index (χ0) is 14.7. The SMILES string of the molecule is CSc1ccccc1C(=O)Nc1ccc2c(c1)CCCN2. The topological polar surface area (TPSA) is 41.1 Å². The fraction of sp³-hybridized carbons (Fsp3) is 0.235. The molecular formula is C17H18N2OS. The molecular weight excluding hydrogens is 280 g/mol. The Morgan fingerprint density at radius 1 is 1.24 bits per heavy atom. The van der Waals surface area contributed by atoms with Crippen LogP contribution in [0.3, 0.4) is 0 Å². The molecule has 0 atom stereocenters. The predicted molar refractivity (Wildman–Crippen MR) is 89.4 cm³/mol. The van der Waals surface area contributed by atoms with E-state index in [0.717, 1.165) is 35.5 Å². The summed E-state index contributed by atoms with van der Waals surface area (Å²) >= 11 is 1.59. The molecule has 21 heavy (non-hydrogen) atoms.